The third kappa shape index (κ3) is 3.59. The molecule has 3 aromatic rings. The maximum Gasteiger partial charge on any atom is 0.265 e. The van der Waals surface area contributed by atoms with Gasteiger partial charge in [-0.05, 0) is 31.2 Å². The van der Waals surface area contributed by atoms with E-state index >= 15 is 0 Å². The summed E-state index contributed by atoms with van der Waals surface area (Å²) in [6.45, 7) is 3.63. The van der Waals surface area contributed by atoms with Gasteiger partial charge in [0.1, 0.15) is 22.7 Å². The number of nitrogens with zero attached hydrogens (tertiary/aromatic N) is 4. The number of benzene rings is 1. The highest BCUT2D eigenvalue weighted by atomic mass is 19.1. The Balaban J connectivity index is 1.64. The summed E-state index contributed by atoms with van der Waals surface area (Å²) in [5.74, 6) is 0.131. The van der Waals surface area contributed by atoms with E-state index in [9.17, 15) is 9.18 Å². The second kappa shape index (κ2) is 7.28. The smallest absolute Gasteiger partial charge is 0.265 e. The zero-order chi connectivity index (χ0) is 18.8. The molecule has 27 heavy (non-hydrogen) atoms. The summed E-state index contributed by atoms with van der Waals surface area (Å²) >= 11 is 0. The minimum absolute atomic E-state index is 0.150. The maximum absolute atomic E-state index is 13.2. The fourth-order valence-corrected chi connectivity index (χ4v) is 2.87. The van der Waals surface area contributed by atoms with Crippen LogP contribution in [-0.2, 0) is 9.53 Å². The molecule has 1 aliphatic heterocycles. The molecule has 0 N–H and O–H groups in total. The number of amides is 1. The molecule has 1 aliphatic rings. The second-order valence-corrected chi connectivity index (χ2v) is 6.08. The lowest BCUT2D eigenvalue weighted by atomic mass is 10.1. The van der Waals surface area contributed by atoms with E-state index in [0.29, 0.717) is 48.8 Å². The van der Waals surface area contributed by atoms with Gasteiger partial charge in [-0.15, -0.1) is 0 Å². The van der Waals surface area contributed by atoms with E-state index in [-0.39, 0.29) is 29.9 Å². The van der Waals surface area contributed by atoms with Gasteiger partial charge in [0, 0.05) is 18.7 Å². The summed E-state index contributed by atoms with van der Waals surface area (Å²) in [7, 11) is 0. The van der Waals surface area contributed by atoms with Gasteiger partial charge in [0.05, 0.1) is 13.2 Å². The molecule has 9 heteroatoms. The van der Waals surface area contributed by atoms with Gasteiger partial charge in [0.2, 0.25) is 5.88 Å². The lowest BCUT2D eigenvalue weighted by Crippen LogP contribution is -2.43. The molecule has 1 fully saturated rings. The molecule has 0 spiro atoms. The minimum Gasteiger partial charge on any atom is -0.467 e. The first-order chi connectivity index (χ1) is 13.1. The number of aryl methyl sites for hydroxylation is 1. The van der Waals surface area contributed by atoms with Crippen molar-refractivity contribution in [3.05, 3.63) is 35.9 Å². The van der Waals surface area contributed by atoms with Crippen molar-refractivity contribution in [1.29, 1.82) is 0 Å². The molecule has 1 aromatic carbocycles. The standard InChI is InChI=1S/C18H17FN4O4/c1-11-20-17(26-10-14(24)23-6-8-25-9-7-23)15-16(22-27-18(15)21-11)12-2-4-13(19)5-3-12/h2-5H,6-10H2,1H3. The first kappa shape index (κ1) is 17.3. The van der Waals surface area contributed by atoms with Crippen molar-refractivity contribution in [2.75, 3.05) is 32.9 Å². The van der Waals surface area contributed by atoms with Crippen LogP contribution in [0.3, 0.4) is 0 Å². The molecular weight excluding hydrogens is 355 g/mol. The summed E-state index contributed by atoms with van der Waals surface area (Å²) in [6, 6.07) is 5.81. The van der Waals surface area contributed by atoms with Crippen LogP contribution in [0.15, 0.2) is 28.8 Å². The molecule has 1 saturated heterocycles. The van der Waals surface area contributed by atoms with Gasteiger partial charge in [-0.1, -0.05) is 5.16 Å². The average Bonchev–Trinajstić information content (AvgIpc) is 3.11. The summed E-state index contributed by atoms with van der Waals surface area (Å²) in [5, 5.41) is 4.47. The van der Waals surface area contributed by atoms with Crippen LogP contribution in [-0.4, -0.2) is 58.8 Å². The van der Waals surface area contributed by atoms with E-state index in [4.69, 9.17) is 14.0 Å². The molecule has 0 bridgehead atoms. The number of halogens is 1. The zero-order valence-electron chi connectivity index (χ0n) is 14.6. The summed E-state index contributed by atoms with van der Waals surface area (Å²) in [6.07, 6.45) is 0. The van der Waals surface area contributed by atoms with Crippen LogP contribution in [0.4, 0.5) is 4.39 Å². The lowest BCUT2D eigenvalue weighted by Gasteiger charge is -2.26. The molecule has 2 aromatic heterocycles. The molecule has 0 aliphatic carbocycles. The van der Waals surface area contributed by atoms with Crippen LogP contribution in [0.25, 0.3) is 22.4 Å². The average molecular weight is 372 g/mol. The number of hydrogen-bond donors (Lipinski definition) is 0. The normalized spacial score (nSPS) is 14.5. The SMILES string of the molecule is Cc1nc(OCC(=O)N2CCOCC2)c2c(-c3ccc(F)cc3)noc2n1. The minimum atomic E-state index is -0.355. The third-order valence-corrected chi connectivity index (χ3v) is 4.23. The van der Waals surface area contributed by atoms with E-state index < -0.39 is 0 Å². The highest BCUT2D eigenvalue weighted by Gasteiger charge is 2.22. The summed E-state index contributed by atoms with van der Waals surface area (Å²) in [4.78, 5) is 22.5. The number of ether oxygens (including phenoxy) is 2. The van der Waals surface area contributed by atoms with E-state index in [2.05, 4.69) is 15.1 Å². The molecule has 8 nitrogen and oxygen atoms in total. The Hall–Kier alpha value is -3.07. The van der Waals surface area contributed by atoms with Crippen LogP contribution >= 0.6 is 0 Å². The number of aromatic nitrogens is 3. The van der Waals surface area contributed by atoms with Crippen molar-refractivity contribution < 1.29 is 23.2 Å². The number of fused-ring (bicyclic) bond motifs is 1. The molecule has 0 atom stereocenters. The van der Waals surface area contributed by atoms with Gasteiger partial charge in [-0.25, -0.2) is 4.39 Å². The van der Waals surface area contributed by atoms with Crippen LogP contribution in [0.2, 0.25) is 0 Å². The van der Waals surface area contributed by atoms with Gasteiger partial charge in [-0.3, -0.25) is 4.79 Å². The predicted molar refractivity (Wildman–Crippen MR) is 92.6 cm³/mol. The molecule has 0 saturated carbocycles. The van der Waals surface area contributed by atoms with Gasteiger partial charge in [0.25, 0.3) is 11.6 Å². The van der Waals surface area contributed by atoms with Gasteiger partial charge in [-0.2, -0.15) is 9.97 Å². The molecule has 0 radical (unpaired) electrons. The highest BCUT2D eigenvalue weighted by molar-refractivity contribution is 5.93. The number of carbonyl (C=O) groups is 1. The van der Waals surface area contributed by atoms with Crippen molar-refractivity contribution >= 4 is 17.0 Å². The van der Waals surface area contributed by atoms with Crippen molar-refractivity contribution in [3.8, 4) is 17.1 Å². The predicted octanol–water partition coefficient (Wildman–Crippen LogP) is 1.97. The summed E-state index contributed by atoms with van der Waals surface area (Å²) < 4.78 is 29.5. The molecule has 0 unspecified atom stereocenters. The van der Waals surface area contributed by atoms with Gasteiger partial charge >= 0.3 is 0 Å². The second-order valence-electron chi connectivity index (χ2n) is 6.08. The van der Waals surface area contributed by atoms with Crippen LogP contribution in [0.5, 0.6) is 5.88 Å². The first-order valence-corrected chi connectivity index (χ1v) is 8.50. The molecule has 140 valence electrons. The Bertz CT molecular complexity index is 967. The molecule has 4 rings (SSSR count). The van der Waals surface area contributed by atoms with E-state index in [1.165, 1.54) is 12.1 Å². The van der Waals surface area contributed by atoms with Crippen molar-refractivity contribution in [2.24, 2.45) is 0 Å². The lowest BCUT2D eigenvalue weighted by molar-refractivity contribution is -0.137. The van der Waals surface area contributed by atoms with Crippen molar-refractivity contribution in [1.82, 2.24) is 20.0 Å². The van der Waals surface area contributed by atoms with E-state index in [1.54, 1.807) is 24.0 Å². The Morgan fingerprint density at radius 2 is 1.96 bits per heavy atom. The van der Waals surface area contributed by atoms with Crippen LogP contribution < -0.4 is 4.74 Å². The van der Waals surface area contributed by atoms with E-state index in [1.807, 2.05) is 0 Å². The Morgan fingerprint density at radius 1 is 1.22 bits per heavy atom. The zero-order valence-corrected chi connectivity index (χ0v) is 14.6. The Labute approximate surface area is 153 Å². The topological polar surface area (TPSA) is 90.6 Å². The first-order valence-electron chi connectivity index (χ1n) is 8.50. The highest BCUT2D eigenvalue weighted by Crippen LogP contribution is 2.33. The maximum atomic E-state index is 13.2. The third-order valence-electron chi connectivity index (χ3n) is 4.23. The van der Waals surface area contributed by atoms with Crippen LogP contribution in [0.1, 0.15) is 5.82 Å². The fourth-order valence-electron chi connectivity index (χ4n) is 2.87. The quantitative estimate of drug-likeness (QED) is 0.691. The van der Waals surface area contributed by atoms with Crippen molar-refractivity contribution in [2.45, 2.75) is 6.92 Å². The Kier molecular flexibility index (Phi) is 4.68. The van der Waals surface area contributed by atoms with Crippen LogP contribution in [0, 0.1) is 12.7 Å². The van der Waals surface area contributed by atoms with Gasteiger partial charge in [0.15, 0.2) is 6.61 Å². The monoisotopic (exact) mass is 372 g/mol. The number of carbonyl (C=O) groups excluding carboxylic acids is 1. The Morgan fingerprint density at radius 3 is 2.70 bits per heavy atom. The fraction of sp³-hybridized carbons (Fsp3) is 0.333. The molecule has 3 heterocycles. The molecular formula is C18H17FN4O4. The van der Waals surface area contributed by atoms with Crippen molar-refractivity contribution in [3.63, 3.8) is 0 Å². The number of rotatable bonds is 4. The number of morpholine rings is 1. The van der Waals surface area contributed by atoms with E-state index in [0.717, 1.165) is 0 Å². The largest absolute Gasteiger partial charge is 0.467 e. The summed E-state index contributed by atoms with van der Waals surface area (Å²) in [5.41, 5.74) is 1.31. The van der Waals surface area contributed by atoms with Gasteiger partial charge < -0.3 is 18.9 Å². The number of hydrogen-bond acceptors (Lipinski definition) is 7. The molecule has 1 amide bonds.